The molecule has 0 aliphatic heterocycles. The summed E-state index contributed by atoms with van der Waals surface area (Å²) in [6.45, 7) is 6.77. The number of carboxylic acids is 1. The Morgan fingerprint density at radius 1 is 1.35 bits per heavy atom. The summed E-state index contributed by atoms with van der Waals surface area (Å²) < 4.78 is 5.10. The van der Waals surface area contributed by atoms with Crippen LogP contribution in [-0.2, 0) is 9.53 Å². The molecule has 0 aromatic carbocycles. The van der Waals surface area contributed by atoms with Crippen molar-refractivity contribution in [3.8, 4) is 0 Å². The molecule has 2 N–H and O–H groups in total. The van der Waals surface area contributed by atoms with Crippen molar-refractivity contribution in [2.24, 2.45) is 0 Å². The number of ether oxygens (including phenoxy) is 1. The predicted molar refractivity (Wildman–Crippen MR) is 61.7 cm³/mol. The van der Waals surface area contributed by atoms with E-state index in [2.05, 4.69) is 0 Å². The van der Waals surface area contributed by atoms with Crippen molar-refractivity contribution < 1.29 is 24.5 Å². The van der Waals surface area contributed by atoms with Crippen LogP contribution in [0.1, 0.15) is 34.1 Å². The van der Waals surface area contributed by atoms with Gasteiger partial charge >= 0.3 is 12.1 Å². The van der Waals surface area contributed by atoms with Crippen LogP contribution in [0.25, 0.3) is 0 Å². The Balaban J connectivity index is 4.43. The molecular formula is C11H21NO5. The van der Waals surface area contributed by atoms with Crippen LogP contribution in [-0.4, -0.2) is 52.0 Å². The van der Waals surface area contributed by atoms with Gasteiger partial charge in [-0.2, -0.15) is 0 Å². The van der Waals surface area contributed by atoms with Gasteiger partial charge in [0.15, 0.2) is 0 Å². The van der Waals surface area contributed by atoms with Crippen molar-refractivity contribution in [3.63, 3.8) is 0 Å². The molecule has 0 fully saturated rings. The zero-order chi connectivity index (χ0) is 13.8. The summed E-state index contributed by atoms with van der Waals surface area (Å²) in [5.41, 5.74) is -0.622. The van der Waals surface area contributed by atoms with Gasteiger partial charge in [0, 0.05) is 7.05 Å². The fourth-order valence-electron chi connectivity index (χ4n) is 1.11. The number of carbonyl (C=O) groups is 2. The zero-order valence-electron chi connectivity index (χ0n) is 10.9. The number of hydrogen-bond acceptors (Lipinski definition) is 4. The summed E-state index contributed by atoms with van der Waals surface area (Å²) in [4.78, 5) is 23.3. The van der Waals surface area contributed by atoms with Crippen LogP contribution in [0.4, 0.5) is 4.79 Å². The van der Waals surface area contributed by atoms with Crippen LogP contribution in [0.2, 0.25) is 0 Å². The largest absolute Gasteiger partial charge is 0.481 e. The molecule has 0 heterocycles. The topological polar surface area (TPSA) is 87.1 Å². The van der Waals surface area contributed by atoms with Gasteiger partial charge in [0.2, 0.25) is 0 Å². The molecule has 0 saturated carbocycles. The van der Waals surface area contributed by atoms with Gasteiger partial charge in [-0.3, -0.25) is 4.79 Å². The van der Waals surface area contributed by atoms with E-state index < -0.39 is 36.2 Å². The number of amides is 1. The summed E-state index contributed by atoms with van der Waals surface area (Å²) in [7, 11) is 1.46. The average Bonchev–Trinajstić information content (AvgIpc) is 2.11. The Labute approximate surface area is 101 Å². The lowest BCUT2D eigenvalue weighted by Crippen LogP contribution is -2.45. The van der Waals surface area contributed by atoms with Crippen molar-refractivity contribution in [1.29, 1.82) is 0 Å². The van der Waals surface area contributed by atoms with Crippen molar-refractivity contribution >= 4 is 12.1 Å². The lowest BCUT2D eigenvalue weighted by Gasteiger charge is -2.30. The highest BCUT2D eigenvalue weighted by Crippen LogP contribution is 2.13. The Morgan fingerprint density at radius 2 is 1.82 bits per heavy atom. The molecule has 0 aromatic rings. The summed E-state index contributed by atoms with van der Waals surface area (Å²) in [5, 5.41) is 18.1. The monoisotopic (exact) mass is 247 g/mol. The molecule has 0 aliphatic rings. The first-order chi connectivity index (χ1) is 7.54. The van der Waals surface area contributed by atoms with Crippen molar-refractivity contribution in [2.75, 3.05) is 7.05 Å². The van der Waals surface area contributed by atoms with Gasteiger partial charge in [-0.25, -0.2) is 4.79 Å². The molecule has 1 amide bonds. The fraction of sp³-hybridized carbons (Fsp3) is 0.818. The molecule has 0 spiro atoms. The van der Waals surface area contributed by atoms with E-state index in [4.69, 9.17) is 9.84 Å². The summed E-state index contributed by atoms with van der Waals surface area (Å²) >= 11 is 0. The lowest BCUT2D eigenvalue weighted by molar-refractivity contribution is -0.140. The van der Waals surface area contributed by atoms with Gasteiger partial charge in [0.1, 0.15) is 5.60 Å². The van der Waals surface area contributed by atoms with Crippen LogP contribution in [0.15, 0.2) is 0 Å². The van der Waals surface area contributed by atoms with Gasteiger partial charge in [-0.15, -0.1) is 0 Å². The Kier molecular flexibility index (Phi) is 5.41. The third-order valence-electron chi connectivity index (χ3n) is 2.23. The molecule has 2 atom stereocenters. The number of nitrogens with zero attached hydrogens (tertiary/aromatic N) is 1. The number of aliphatic hydroxyl groups excluding tert-OH is 1. The molecule has 0 rings (SSSR count). The van der Waals surface area contributed by atoms with Crippen molar-refractivity contribution in [3.05, 3.63) is 0 Å². The Hall–Kier alpha value is -1.30. The van der Waals surface area contributed by atoms with E-state index in [1.54, 1.807) is 27.7 Å². The molecule has 0 saturated heterocycles. The first kappa shape index (κ1) is 15.7. The molecule has 0 aliphatic carbocycles. The van der Waals surface area contributed by atoms with E-state index in [0.29, 0.717) is 0 Å². The highest BCUT2D eigenvalue weighted by molar-refractivity contribution is 5.69. The number of likely N-dealkylation sites (N-methyl/N-ethyl adjacent to an activating group) is 1. The molecule has 6 nitrogen and oxygen atoms in total. The molecule has 100 valence electrons. The number of rotatable bonds is 4. The SMILES string of the molecule is CC(C(O)CC(=O)O)N(C)C(=O)OC(C)(C)C. The van der Waals surface area contributed by atoms with E-state index in [1.807, 2.05) is 0 Å². The number of aliphatic hydroxyl groups is 1. The van der Waals surface area contributed by atoms with Gasteiger partial charge < -0.3 is 19.8 Å². The van der Waals surface area contributed by atoms with Crippen LogP contribution in [0.5, 0.6) is 0 Å². The third kappa shape index (κ3) is 6.11. The number of hydrogen-bond donors (Lipinski definition) is 2. The fourth-order valence-corrected chi connectivity index (χ4v) is 1.11. The van der Waals surface area contributed by atoms with E-state index in [0.717, 1.165) is 0 Å². The second-order valence-corrected chi connectivity index (χ2v) is 5.00. The zero-order valence-corrected chi connectivity index (χ0v) is 10.9. The molecule has 0 bridgehead atoms. The van der Waals surface area contributed by atoms with Crippen LogP contribution < -0.4 is 0 Å². The maximum absolute atomic E-state index is 11.6. The molecule has 2 unspecified atom stereocenters. The van der Waals surface area contributed by atoms with Crippen LogP contribution in [0.3, 0.4) is 0 Å². The number of carbonyl (C=O) groups excluding carboxylic acids is 1. The summed E-state index contributed by atoms with van der Waals surface area (Å²) in [6.07, 6.45) is -2.12. The highest BCUT2D eigenvalue weighted by atomic mass is 16.6. The maximum Gasteiger partial charge on any atom is 0.410 e. The van der Waals surface area contributed by atoms with E-state index >= 15 is 0 Å². The Morgan fingerprint density at radius 3 is 2.18 bits per heavy atom. The standard InChI is InChI=1S/C11H21NO5/c1-7(8(13)6-9(14)15)12(5)10(16)17-11(2,3)4/h7-8,13H,6H2,1-5H3,(H,14,15). The second kappa shape index (κ2) is 5.86. The molecule has 0 aromatic heterocycles. The molecule has 0 radical (unpaired) electrons. The molecular weight excluding hydrogens is 226 g/mol. The highest BCUT2D eigenvalue weighted by Gasteiger charge is 2.28. The minimum absolute atomic E-state index is 0.408. The van der Waals surface area contributed by atoms with E-state index in [1.165, 1.54) is 11.9 Å². The number of carboxylic acid groups (broad SMARTS) is 1. The predicted octanol–water partition coefficient (Wildman–Crippen LogP) is 1.08. The van der Waals surface area contributed by atoms with E-state index in [-0.39, 0.29) is 0 Å². The normalized spacial score (nSPS) is 14.9. The first-order valence-corrected chi connectivity index (χ1v) is 5.40. The number of aliphatic carboxylic acids is 1. The first-order valence-electron chi connectivity index (χ1n) is 5.40. The van der Waals surface area contributed by atoms with Gasteiger partial charge in [0.25, 0.3) is 0 Å². The molecule has 6 heteroatoms. The Bertz CT molecular complexity index is 284. The van der Waals surface area contributed by atoms with Crippen molar-refractivity contribution in [1.82, 2.24) is 4.90 Å². The lowest BCUT2D eigenvalue weighted by atomic mass is 10.1. The average molecular weight is 247 g/mol. The van der Waals surface area contributed by atoms with Crippen LogP contribution >= 0.6 is 0 Å². The summed E-state index contributed by atoms with van der Waals surface area (Å²) in [6, 6.07) is -0.624. The quantitative estimate of drug-likeness (QED) is 0.776. The van der Waals surface area contributed by atoms with Crippen LogP contribution in [0, 0.1) is 0 Å². The van der Waals surface area contributed by atoms with Gasteiger partial charge in [-0.05, 0) is 27.7 Å². The minimum Gasteiger partial charge on any atom is -0.481 e. The van der Waals surface area contributed by atoms with Gasteiger partial charge in [0.05, 0.1) is 18.6 Å². The second-order valence-electron chi connectivity index (χ2n) is 5.00. The molecule has 17 heavy (non-hydrogen) atoms. The minimum atomic E-state index is -1.12. The van der Waals surface area contributed by atoms with E-state index in [9.17, 15) is 14.7 Å². The van der Waals surface area contributed by atoms with Crippen molar-refractivity contribution in [2.45, 2.75) is 51.9 Å². The smallest absolute Gasteiger partial charge is 0.410 e. The third-order valence-corrected chi connectivity index (χ3v) is 2.23. The van der Waals surface area contributed by atoms with Gasteiger partial charge in [-0.1, -0.05) is 0 Å². The maximum atomic E-state index is 11.6. The summed E-state index contributed by atoms with van der Waals surface area (Å²) in [5.74, 6) is -1.11.